The van der Waals surface area contributed by atoms with Gasteiger partial charge in [-0.25, -0.2) is 9.97 Å². The molecule has 4 heteroatoms. The molecule has 0 fully saturated rings. The fraction of sp³-hybridized carbons (Fsp3) is 0.0833. The maximum absolute atomic E-state index is 4.78. The van der Waals surface area contributed by atoms with E-state index in [4.69, 9.17) is 9.97 Å². The van der Waals surface area contributed by atoms with Gasteiger partial charge in [0.25, 0.3) is 0 Å². The molecule has 2 heterocycles. The summed E-state index contributed by atoms with van der Waals surface area (Å²) >= 11 is 0. The van der Waals surface area contributed by atoms with Gasteiger partial charge < -0.3 is 9.97 Å². The van der Waals surface area contributed by atoms with Crippen molar-refractivity contribution in [3.8, 4) is 0 Å². The summed E-state index contributed by atoms with van der Waals surface area (Å²) in [6.07, 6.45) is 1.65. The molecule has 2 N–H and O–H groups in total. The van der Waals surface area contributed by atoms with Gasteiger partial charge in [0.05, 0.1) is 22.1 Å². The summed E-state index contributed by atoms with van der Waals surface area (Å²) < 4.78 is 0. The number of benzene rings is 4. The van der Waals surface area contributed by atoms with Gasteiger partial charge in [0, 0.05) is 12.8 Å². The zero-order valence-corrected chi connectivity index (χ0v) is 15.2. The lowest BCUT2D eigenvalue weighted by atomic mass is 10.1. The van der Waals surface area contributed by atoms with Gasteiger partial charge in [0.15, 0.2) is 0 Å². The normalized spacial score (nSPS) is 11.9. The highest BCUT2D eigenvalue weighted by Gasteiger charge is 2.08. The Hall–Kier alpha value is -3.66. The lowest BCUT2D eigenvalue weighted by molar-refractivity contribution is 0.844. The molecule has 4 aromatic carbocycles. The average Bonchev–Trinajstić information content (AvgIpc) is 3.30. The summed E-state index contributed by atoms with van der Waals surface area (Å²) in [4.78, 5) is 16.5. The van der Waals surface area contributed by atoms with E-state index >= 15 is 0 Å². The molecule has 0 aliphatic carbocycles. The zero-order valence-electron chi connectivity index (χ0n) is 15.2. The third-order valence-electron chi connectivity index (χ3n) is 5.40. The van der Waals surface area contributed by atoms with Crippen LogP contribution in [0.1, 0.15) is 11.6 Å². The number of hydrogen-bond donors (Lipinski definition) is 2. The molecule has 0 saturated heterocycles. The fourth-order valence-corrected chi connectivity index (χ4v) is 3.97. The Labute approximate surface area is 161 Å². The van der Waals surface area contributed by atoms with Crippen LogP contribution in [0.15, 0.2) is 72.8 Å². The molecule has 28 heavy (non-hydrogen) atoms. The van der Waals surface area contributed by atoms with Crippen molar-refractivity contribution in [2.24, 2.45) is 0 Å². The monoisotopic (exact) mass is 362 g/mol. The van der Waals surface area contributed by atoms with Gasteiger partial charge >= 0.3 is 0 Å². The van der Waals surface area contributed by atoms with E-state index in [0.29, 0.717) is 0 Å². The number of hydrogen-bond acceptors (Lipinski definition) is 2. The van der Waals surface area contributed by atoms with Gasteiger partial charge in [-0.15, -0.1) is 0 Å². The van der Waals surface area contributed by atoms with Gasteiger partial charge in [-0.3, -0.25) is 0 Å². The number of aromatic amines is 2. The Morgan fingerprint density at radius 2 is 0.929 bits per heavy atom. The van der Waals surface area contributed by atoms with Gasteiger partial charge in [-0.05, 0) is 45.8 Å². The molecule has 4 nitrogen and oxygen atoms in total. The average molecular weight is 362 g/mol. The minimum Gasteiger partial charge on any atom is -0.342 e. The fourth-order valence-electron chi connectivity index (χ4n) is 3.97. The first-order valence-electron chi connectivity index (χ1n) is 9.57. The minimum atomic E-state index is 0.824. The van der Waals surface area contributed by atoms with Crippen molar-refractivity contribution in [1.29, 1.82) is 0 Å². The predicted octanol–water partition coefficient (Wildman–Crippen LogP) is 5.53. The van der Waals surface area contributed by atoms with E-state index in [1.807, 2.05) is 0 Å². The zero-order chi connectivity index (χ0) is 18.5. The first-order chi connectivity index (χ1) is 13.8. The topological polar surface area (TPSA) is 57.4 Å². The standard InChI is InChI=1S/C24H18N4/c1-2-6-16-12-20-19(11-15(16)5-1)25-23(26-20)9-10-24-27-21-13-17-7-3-4-8-18(17)14-22(21)28-24/h1-8,11-14H,9-10H2,(H,25,26)(H,27,28). The molecule has 6 aromatic rings. The summed E-state index contributed by atoms with van der Waals surface area (Å²) in [5.74, 6) is 1.99. The van der Waals surface area contributed by atoms with Crippen LogP contribution >= 0.6 is 0 Å². The molecule has 0 atom stereocenters. The Balaban J connectivity index is 1.31. The second-order valence-electron chi connectivity index (χ2n) is 7.30. The highest BCUT2D eigenvalue weighted by atomic mass is 14.9. The molecular formula is C24H18N4. The molecule has 0 amide bonds. The first kappa shape index (κ1) is 15.4. The molecule has 0 spiro atoms. The second-order valence-corrected chi connectivity index (χ2v) is 7.30. The first-order valence-corrected chi connectivity index (χ1v) is 9.57. The van der Waals surface area contributed by atoms with Crippen LogP contribution in [-0.4, -0.2) is 19.9 Å². The van der Waals surface area contributed by atoms with Crippen LogP contribution in [0.2, 0.25) is 0 Å². The smallest absolute Gasteiger partial charge is 0.107 e. The molecule has 2 aromatic heterocycles. The Bertz CT molecular complexity index is 1250. The maximum Gasteiger partial charge on any atom is 0.107 e. The molecule has 0 aliphatic heterocycles. The van der Waals surface area contributed by atoms with Crippen LogP contribution in [0.5, 0.6) is 0 Å². The second kappa shape index (κ2) is 5.92. The van der Waals surface area contributed by atoms with Gasteiger partial charge in [-0.1, -0.05) is 48.5 Å². The van der Waals surface area contributed by atoms with E-state index in [9.17, 15) is 0 Å². The third kappa shape index (κ3) is 2.54. The Morgan fingerprint density at radius 1 is 0.536 bits per heavy atom. The number of H-pyrrole nitrogens is 2. The SMILES string of the molecule is c1ccc2cc3[nH]c(CCc4nc5cc6ccccc6cc5[nH]4)nc3cc2c1. The Kier molecular flexibility index (Phi) is 3.26. The number of imidazole rings is 2. The van der Waals surface area contributed by atoms with Crippen molar-refractivity contribution in [1.82, 2.24) is 19.9 Å². The number of rotatable bonds is 3. The lowest BCUT2D eigenvalue weighted by Gasteiger charge is -1.95. The van der Waals surface area contributed by atoms with Gasteiger partial charge in [0.2, 0.25) is 0 Å². The van der Waals surface area contributed by atoms with Crippen LogP contribution < -0.4 is 0 Å². The van der Waals surface area contributed by atoms with Crippen LogP contribution in [0.25, 0.3) is 43.6 Å². The van der Waals surface area contributed by atoms with Crippen LogP contribution in [-0.2, 0) is 12.8 Å². The summed E-state index contributed by atoms with van der Waals surface area (Å²) in [6.45, 7) is 0. The maximum atomic E-state index is 4.78. The van der Waals surface area contributed by atoms with Crippen molar-refractivity contribution in [3.05, 3.63) is 84.4 Å². The van der Waals surface area contributed by atoms with Crippen LogP contribution in [0, 0.1) is 0 Å². The van der Waals surface area contributed by atoms with Gasteiger partial charge in [0.1, 0.15) is 11.6 Å². The van der Waals surface area contributed by atoms with Crippen LogP contribution in [0.3, 0.4) is 0 Å². The van der Waals surface area contributed by atoms with Crippen molar-refractivity contribution in [2.45, 2.75) is 12.8 Å². The van der Waals surface area contributed by atoms with E-state index in [2.05, 4.69) is 82.8 Å². The molecule has 0 bridgehead atoms. The van der Waals surface area contributed by atoms with Crippen molar-refractivity contribution in [3.63, 3.8) is 0 Å². The number of aromatic nitrogens is 4. The number of fused-ring (bicyclic) bond motifs is 4. The number of nitrogens with zero attached hydrogens (tertiary/aromatic N) is 2. The highest BCUT2D eigenvalue weighted by molar-refractivity contribution is 5.96. The minimum absolute atomic E-state index is 0.824. The van der Waals surface area contributed by atoms with E-state index in [1.165, 1.54) is 21.5 Å². The van der Waals surface area contributed by atoms with Crippen LogP contribution in [0.4, 0.5) is 0 Å². The molecule has 0 unspecified atom stereocenters. The quantitative estimate of drug-likeness (QED) is 0.435. The van der Waals surface area contributed by atoms with Crippen molar-refractivity contribution in [2.75, 3.05) is 0 Å². The van der Waals surface area contributed by atoms with E-state index < -0.39 is 0 Å². The van der Waals surface area contributed by atoms with Crippen molar-refractivity contribution >= 4 is 43.6 Å². The molecule has 0 aliphatic rings. The lowest BCUT2D eigenvalue weighted by Crippen LogP contribution is -1.95. The summed E-state index contributed by atoms with van der Waals surface area (Å²) in [5, 5.41) is 4.90. The summed E-state index contributed by atoms with van der Waals surface area (Å²) in [5.41, 5.74) is 4.21. The third-order valence-corrected chi connectivity index (χ3v) is 5.40. The highest BCUT2D eigenvalue weighted by Crippen LogP contribution is 2.23. The summed E-state index contributed by atoms with van der Waals surface area (Å²) in [7, 11) is 0. The summed E-state index contributed by atoms with van der Waals surface area (Å²) in [6, 6.07) is 25.4. The van der Waals surface area contributed by atoms with Gasteiger partial charge in [-0.2, -0.15) is 0 Å². The van der Waals surface area contributed by atoms with E-state index in [0.717, 1.165) is 46.6 Å². The Morgan fingerprint density at radius 3 is 1.36 bits per heavy atom. The molecule has 134 valence electrons. The molecule has 0 saturated carbocycles. The molecule has 0 radical (unpaired) electrons. The predicted molar refractivity (Wildman–Crippen MR) is 115 cm³/mol. The number of nitrogens with one attached hydrogen (secondary N) is 2. The largest absolute Gasteiger partial charge is 0.342 e. The van der Waals surface area contributed by atoms with Crippen molar-refractivity contribution < 1.29 is 0 Å². The molecular weight excluding hydrogens is 344 g/mol. The number of aryl methyl sites for hydroxylation is 2. The van der Waals surface area contributed by atoms with E-state index in [1.54, 1.807) is 0 Å². The van der Waals surface area contributed by atoms with E-state index in [-0.39, 0.29) is 0 Å². The molecule has 6 rings (SSSR count).